The highest BCUT2D eigenvalue weighted by atomic mass is 35.5. The molecule has 162 valence electrons. The summed E-state index contributed by atoms with van der Waals surface area (Å²) < 4.78 is 11.5. The summed E-state index contributed by atoms with van der Waals surface area (Å²) in [4.78, 5) is 16.2. The van der Waals surface area contributed by atoms with E-state index < -0.39 is 5.91 Å². The summed E-state index contributed by atoms with van der Waals surface area (Å²) in [6.07, 6.45) is 5.58. The summed E-state index contributed by atoms with van der Waals surface area (Å²) in [5.41, 5.74) is 1.60. The minimum absolute atomic E-state index is 0.0588. The quantitative estimate of drug-likeness (QED) is 0.184. The number of carbonyl (C=O) groups excluding carboxylic acids is 1. The van der Waals surface area contributed by atoms with Gasteiger partial charge in [-0.1, -0.05) is 41.9 Å². The van der Waals surface area contributed by atoms with Crippen LogP contribution in [0.1, 0.15) is 11.1 Å². The number of carbonyl (C=O) groups is 1. The van der Waals surface area contributed by atoms with Crippen molar-refractivity contribution in [1.82, 2.24) is 4.98 Å². The average molecular weight is 466 g/mol. The van der Waals surface area contributed by atoms with E-state index >= 15 is 0 Å². The van der Waals surface area contributed by atoms with E-state index in [-0.39, 0.29) is 5.57 Å². The Morgan fingerprint density at radius 2 is 2.00 bits per heavy atom. The maximum atomic E-state index is 12.2. The summed E-state index contributed by atoms with van der Waals surface area (Å²) in [6, 6.07) is 14.7. The molecule has 1 N–H and O–H groups in total. The number of nitrogens with one attached hydrogen (secondary N) is 1. The number of rotatable bonds is 10. The predicted molar refractivity (Wildman–Crippen MR) is 127 cm³/mol. The molecule has 0 aliphatic rings. The summed E-state index contributed by atoms with van der Waals surface area (Å²) >= 11 is 7.58. The lowest BCUT2D eigenvalue weighted by molar-refractivity contribution is -0.112. The number of thiazole rings is 1. The van der Waals surface area contributed by atoms with Gasteiger partial charge in [0.05, 0.1) is 5.02 Å². The van der Waals surface area contributed by atoms with Gasteiger partial charge in [0.1, 0.15) is 36.4 Å². The smallest absolute Gasteiger partial charge is 0.268 e. The van der Waals surface area contributed by atoms with Gasteiger partial charge in [-0.25, -0.2) is 4.98 Å². The standard InChI is InChI=1S/C24H20ClN3O3S/c1-2-5-18-6-3-4-7-21(18)30-11-12-31-22-9-8-17(15-20(22)25)14-19(16-26)23(29)28-24-27-10-13-32-24/h2-4,6-10,13-15H,1,5,11-12H2,(H,27,28,29)/b19-14-. The van der Waals surface area contributed by atoms with Crippen molar-refractivity contribution < 1.29 is 14.3 Å². The fourth-order valence-electron chi connectivity index (χ4n) is 2.76. The third-order valence-electron chi connectivity index (χ3n) is 4.22. The Morgan fingerprint density at radius 3 is 2.69 bits per heavy atom. The van der Waals surface area contributed by atoms with Crippen LogP contribution in [0.3, 0.4) is 0 Å². The van der Waals surface area contributed by atoms with Crippen molar-refractivity contribution in [2.75, 3.05) is 18.5 Å². The lowest BCUT2D eigenvalue weighted by Gasteiger charge is -2.12. The first-order valence-electron chi connectivity index (χ1n) is 9.67. The highest BCUT2D eigenvalue weighted by Crippen LogP contribution is 2.27. The first-order valence-corrected chi connectivity index (χ1v) is 10.9. The molecule has 0 unspecified atom stereocenters. The fraction of sp³-hybridized carbons (Fsp3) is 0.125. The Balaban J connectivity index is 1.57. The van der Waals surface area contributed by atoms with Crippen molar-refractivity contribution in [2.45, 2.75) is 6.42 Å². The van der Waals surface area contributed by atoms with Crippen LogP contribution in [0.5, 0.6) is 11.5 Å². The van der Waals surface area contributed by atoms with Gasteiger partial charge in [-0.3, -0.25) is 10.1 Å². The number of hydrogen-bond donors (Lipinski definition) is 1. The lowest BCUT2D eigenvalue weighted by Crippen LogP contribution is -2.13. The minimum Gasteiger partial charge on any atom is -0.490 e. The summed E-state index contributed by atoms with van der Waals surface area (Å²) in [5.74, 6) is 0.743. The third-order valence-corrected chi connectivity index (χ3v) is 5.20. The van der Waals surface area contributed by atoms with Crippen molar-refractivity contribution in [3.8, 4) is 17.6 Å². The second-order valence-corrected chi connectivity index (χ2v) is 7.75. The summed E-state index contributed by atoms with van der Waals surface area (Å²) in [6.45, 7) is 4.41. The van der Waals surface area contributed by atoms with Crippen LogP contribution >= 0.6 is 22.9 Å². The largest absolute Gasteiger partial charge is 0.490 e. The molecule has 0 bridgehead atoms. The second-order valence-electron chi connectivity index (χ2n) is 6.45. The zero-order valence-electron chi connectivity index (χ0n) is 17.1. The Morgan fingerprint density at radius 1 is 1.22 bits per heavy atom. The number of ether oxygens (including phenoxy) is 2. The predicted octanol–water partition coefficient (Wildman–Crippen LogP) is 5.53. The zero-order valence-corrected chi connectivity index (χ0v) is 18.7. The molecule has 3 aromatic rings. The minimum atomic E-state index is -0.534. The normalized spacial score (nSPS) is 10.8. The Hall–Kier alpha value is -3.60. The molecule has 0 saturated heterocycles. The number of para-hydroxylation sites is 1. The van der Waals surface area contributed by atoms with E-state index in [2.05, 4.69) is 16.9 Å². The van der Waals surface area contributed by atoms with Crippen molar-refractivity contribution >= 4 is 40.1 Å². The summed E-state index contributed by atoms with van der Waals surface area (Å²) in [7, 11) is 0. The molecule has 0 spiro atoms. The number of allylic oxidation sites excluding steroid dienone is 1. The van der Waals surface area contributed by atoms with Gasteiger partial charge >= 0.3 is 0 Å². The number of hydrogen-bond acceptors (Lipinski definition) is 6. The maximum absolute atomic E-state index is 12.2. The van der Waals surface area contributed by atoms with Crippen LogP contribution in [0.25, 0.3) is 6.08 Å². The first kappa shape index (κ1) is 23.1. The van der Waals surface area contributed by atoms with Gasteiger partial charge in [-0.2, -0.15) is 5.26 Å². The molecule has 32 heavy (non-hydrogen) atoms. The van der Waals surface area contributed by atoms with Crippen LogP contribution in [-0.4, -0.2) is 24.1 Å². The molecule has 2 aromatic carbocycles. The maximum Gasteiger partial charge on any atom is 0.268 e. The lowest BCUT2D eigenvalue weighted by atomic mass is 10.1. The molecular weight excluding hydrogens is 446 g/mol. The van der Waals surface area contributed by atoms with Crippen LogP contribution in [-0.2, 0) is 11.2 Å². The van der Waals surface area contributed by atoms with E-state index in [9.17, 15) is 10.1 Å². The average Bonchev–Trinajstić information content (AvgIpc) is 3.30. The van der Waals surface area contributed by atoms with E-state index in [1.165, 1.54) is 17.4 Å². The number of amides is 1. The summed E-state index contributed by atoms with van der Waals surface area (Å²) in [5, 5.41) is 14.4. The van der Waals surface area contributed by atoms with Gasteiger partial charge in [0.25, 0.3) is 5.91 Å². The number of nitriles is 1. The van der Waals surface area contributed by atoms with Crippen molar-refractivity contribution in [2.24, 2.45) is 0 Å². The molecule has 0 aliphatic heterocycles. The number of nitrogens with zero attached hydrogens (tertiary/aromatic N) is 2. The van der Waals surface area contributed by atoms with E-state index in [4.69, 9.17) is 21.1 Å². The molecule has 0 saturated carbocycles. The molecule has 0 atom stereocenters. The van der Waals surface area contributed by atoms with E-state index in [0.717, 1.165) is 17.7 Å². The number of benzene rings is 2. The topological polar surface area (TPSA) is 84.2 Å². The molecule has 6 nitrogen and oxygen atoms in total. The molecule has 1 aromatic heterocycles. The highest BCUT2D eigenvalue weighted by Gasteiger charge is 2.11. The molecule has 0 fully saturated rings. The van der Waals surface area contributed by atoms with Crippen LogP contribution in [0.4, 0.5) is 5.13 Å². The molecule has 3 rings (SSSR count). The van der Waals surface area contributed by atoms with Gasteiger partial charge in [0.2, 0.25) is 0 Å². The molecule has 1 amide bonds. The first-order chi connectivity index (χ1) is 15.6. The highest BCUT2D eigenvalue weighted by molar-refractivity contribution is 7.13. The SMILES string of the molecule is C=CCc1ccccc1OCCOc1ccc(/C=C(/C#N)C(=O)Nc2nccs2)cc1Cl. The molecular formula is C24H20ClN3O3S. The van der Waals surface area contributed by atoms with Crippen molar-refractivity contribution in [1.29, 1.82) is 5.26 Å². The van der Waals surface area contributed by atoms with Crippen molar-refractivity contribution in [3.05, 3.63) is 88.4 Å². The van der Waals surface area contributed by atoms with Gasteiger partial charge in [-0.05, 0) is 41.8 Å². The fourth-order valence-corrected chi connectivity index (χ4v) is 3.53. The van der Waals surface area contributed by atoms with Gasteiger partial charge < -0.3 is 9.47 Å². The molecule has 1 heterocycles. The van der Waals surface area contributed by atoms with E-state index in [0.29, 0.717) is 34.7 Å². The van der Waals surface area contributed by atoms with Crippen LogP contribution in [0.15, 0.2) is 72.3 Å². The Kier molecular flexibility index (Phi) is 8.44. The molecule has 0 radical (unpaired) electrons. The van der Waals surface area contributed by atoms with Gasteiger partial charge in [-0.15, -0.1) is 17.9 Å². The van der Waals surface area contributed by atoms with Crippen molar-refractivity contribution in [3.63, 3.8) is 0 Å². The zero-order chi connectivity index (χ0) is 22.8. The number of halogens is 1. The third kappa shape index (κ3) is 6.45. The van der Waals surface area contributed by atoms with Crippen LogP contribution < -0.4 is 14.8 Å². The number of anilines is 1. The van der Waals surface area contributed by atoms with E-state index in [1.807, 2.05) is 36.4 Å². The van der Waals surface area contributed by atoms with E-state index in [1.54, 1.807) is 29.8 Å². The second kappa shape index (κ2) is 11.7. The Bertz CT molecular complexity index is 1150. The number of aromatic nitrogens is 1. The van der Waals surface area contributed by atoms with Crippen LogP contribution in [0.2, 0.25) is 5.02 Å². The molecule has 0 aliphatic carbocycles. The van der Waals surface area contributed by atoms with Gasteiger partial charge in [0, 0.05) is 11.6 Å². The molecule has 8 heteroatoms. The monoisotopic (exact) mass is 465 g/mol. The van der Waals surface area contributed by atoms with Gasteiger partial charge in [0.15, 0.2) is 5.13 Å². The van der Waals surface area contributed by atoms with Crippen LogP contribution in [0, 0.1) is 11.3 Å². The Labute approximate surface area is 195 Å².